The van der Waals surface area contributed by atoms with Crippen molar-refractivity contribution in [3.63, 3.8) is 0 Å². The third kappa shape index (κ3) is 1.95. The average molecular weight is 183 g/mol. The molecule has 3 heteroatoms. The minimum atomic E-state index is 0.458. The third-order valence-electron chi connectivity index (χ3n) is 2.46. The van der Waals surface area contributed by atoms with Gasteiger partial charge in [-0.3, -0.25) is 5.01 Å². The predicted molar refractivity (Wildman–Crippen MR) is 56.5 cm³/mol. The van der Waals surface area contributed by atoms with Crippen LogP contribution in [0.2, 0.25) is 0 Å². The lowest BCUT2D eigenvalue weighted by Gasteiger charge is -2.34. The van der Waals surface area contributed by atoms with E-state index in [1.807, 2.05) is 6.34 Å². The zero-order chi connectivity index (χ0) is 10.0. The van der Waals surface area contributed by atoms with Crippen molar-refractivity contribution in [2.24, 2.45) is 5.10 Å². The van der Waals surface area contributed by atoms with E-state index >= 15 is 0 Å². The second-order valence-corrected chi connectivity index (χ2v) is 4.13. The molecule has 0 fully saturated rings. The molecule has 1 unspecified atom stereocenters. The van der Waals surface area contributed by atoms with Crippen molar-refractivity contribution >= 4 is 6.34 Å². The van der Waals surface area contributed by atoms with Crippen LogP contribution >= 0.6 is 0 Å². The topological polar surface area (TPSA) is 18.8 Å². The fraction of sp³-hybridized carbons (Fsp3) is 0.900. The van der Waals surface area contributed by atoms with Crippen LogP contribution in [0.5, 0.6) is 0 Å². The molecule has 0 aliphatic carbocycles. The Morgan fingerprint density at radius 1 is 1.23 bits per heavy atom. The van der Waals surface area contributed by atoms with Gasteiger partial charge >= 0.3 is 0 Å². The second kappa shape index (κ2) is 3.99. The van der Waals surface area contributed by atoms with Crippen LogP contribution in [-0.2, 0) is 0 Å². The van der Waals surface area contributed by atoms with E-state index in [1.165, 1.54) is 0 Å². The van der Waals surface area contributed by atoms with Gasteiger partial charge in [-0.05, 0) is 34.1 Å². The quantitative estimate of drug-likeness (QED) is 0.667. The Labute approximate surface area is 81.4 Å². The Kier molecular flexibility index (Phi) is 3.17. The summed E-state index contributed by atoms with van der Waals surface area (Å²) in [7, 11) is 0. The lowest BCUT2D eigenvalue weighted by molar-refractivity contribution is 0.0818. The molecular weight excluding hydrogens is 162 g/mol. The van der Waals surface area contributed by atoms with Gasteiger partial charge in [0.1, 0.15) is 12.5 Å². The largest absolute Gasteiger partial charge is 0.337 e. The molecule has 0 spiro atoms. The molecule has 0 saturated heterocycles. The maximum atomic E-state index is 4.42. The molecule has 0 saturated carbocycles. The summed E-state index contributed by atoms with van der Waals surface area (Å²) < 4.78 is 0. The van der Waals surface area contributed by atoms with Crippen molar-refractivity contribution in [3.8, 4) is 0 Å². The van der Waals surface area contributed by atoms with Gasteiger partial charge in [0.2, 0.25) is 0 Å². The SMILES string of the molecule is CCC1N(C(C)C)C=NN1C(C)C. The van der Waals surface area contributed by atoms with Crippen molar-refractivity contribution in [2.45, 2.75) is 59.3 Å². The molecule has 0 aromatic rings. The summed E-state index contributed by atoms with van der Waals surface area (Å²) in [6.45, 7) is 11.0. The minimum Gasteiger partial charge on any atom is -0.337 e. The molecular formula is C10H21N3. The summed E-state index contributed by atoms with van der Waals surface area (Å²) in [4.78, 5) is 2.32. The van der Waals surface area contributed by atoms with Crippen molar-refractivity contribution < 1.29 is 0 Å². The molecule has 0 radical (unpaired) electrons. The van der Waals surface area contributed by atoms with Gasteiger partial charge in [0.25, 0.3) is 0 Å². The van der Waals surface area contributed by atoms with E-state index in [2.05, 4.69) is 49.6 Å². The number of rotatable bonds is 3. The lowest BCUT2D eigenvalue weighted by atomic mass is 10.2. The molecule has 1 heterocycles. The number of hydrogen-bond donors (Lipinski definition) is 0. The van der Waals surface area contributed by atoms with Gasteiger partial charge in [0.15, 0.2) is 0 Å². The Morgan fingerprint density at radius 3 is 2.23 bits per heavy atom. The highest BCUT2D eigenvalue weighted by Crippen LogP contribution is 2.20. The average Bonchev–Trinajstić information content (AvgIpc) is 2.46. The normalized spacial score (nSPS) is 22.5. The number of nitrogens with zero attached hydrogens (tertiary/aromatic N) is 3. The Bertz CT molecular complexity index is 169. The molecule has 76 valence electrons. The van der Waals surface area contributed by atoms with E-state index in [4.69, 9.17) is 0 Å². The Balaban J connectivity index is 2.69. The van der Waals surface area contributed by atoms with Gasteiger partial charge in [0.05, 0.1) is 0 Å². The van der Waals surface area contributed by atoms with E-state index in [1.54, 1.807) is 0 Å². The van der Waals surface area contributed by atoms with E-state index < -0.39 is 0 Å². The number of hydrazone groups is 1. The highest BCUT2D eigenvalue weighted by atomic mass is 15.6. The summed E-state index contributed by atoms with van der Waals surface area (Å²) in [6.07, 6.45) is 3.55. The van der Waals surface area contributed by atoms with E-state index in [0.29, 0.717) is 18.2 Å². The monoisotopic (exact) mass is 183 g/mol. The van der Waals surface area contributed by atoms with Crippen LogP contribution in [0, 0.1) is 0 Å². The first kappa shape index (κ1) is 10.4. The molecule has 0 N–H and O–H groups in total. The van der Waals surface area contributed by atoms with Crippen molar-refractivity contribution in [1.29, 1.82) is 0 Å². The summed E-state index contributed by atoms with van der Waals surface area (Å²) in [5.41, 5.74) is 0. The van der Waals surface area contributed by atoms with Gasteiger partial charge in [-0.1, -0.05) is 6.92 Å². The summed E-state index contributed by atoms with van der Waals surface area (Å²) in [5, 5.41) is 6.60. The van der Waals surface area contributed by atoms with Crippen LogP contribution in [0.15, 0.2) is 5.10 Å². The molecule has 0 amide bonds. The van der Waals surface area contributed by atoms with Crippen LogP contribution < -0.4 is 0 Å². The van der Waals surface area contributed by atoms with Crippen LogP contribution in [0.25, 0.3) is 0 Å². The zero-order valence-electron chi connectivity index (χ0n) is 9.36. The van der Waals surface area contributed by atoms with Crippen molar-refractivity contribution in [1.82, 2.24) is 9.91 Å². The summed E-state index contributed by atoms with van der Waals surface area (Å²) in [6, 6.07) is 1.03. The molecule has 1 atom stereocenters. The number of hydrogen-bond acceptors (Lipinski definition) is 3. The maximum absolute atomic E-state index is 4.42. The van der Waals surface area contributed by atoms with Crippen LogP contribution in [0.4, 0.5) is 0 Å². The van der Waals surface area contributed by atoms with E-state index in [-0.39, 0.29) is 0 Å². The van der Waals surface area contributed by atoms with Gasteiger partial charge in [-0.25, -0.2) is 0 Å². The van der Waals surface area contributed by atoms with Gasteiger partial charge in [-0.2, -0.15) is 5.10 Å². The molecule has 3 nitrogen and oxygen atoms in total. The summed E-state index contributed by atoms with van der Waals surface area (Å²) in [5.74, 6) is 0. The molecule has 1 aliphatic rings. The first-order valence-corrected chi connectivity index (χ1v) is 5.17. The Hall–Kier alpha value is -0.730. The molecule has 0 bridgehead atoms. The fourth-order valence-electron chi connectivity index (χ4n) is 1.76. The van der Waals surface area contributed by atoms with Gasteiger partial charge in [0, 0.05) is 12.1 Å². The molecule has 0 aromatic heterocycles. The second-order valence-electron chi connectivity index (χ2n) is 4.13. The van der Waals surface area contributed by atoms with E-state index in [9.17, 15) is 0 Å². The van der Waals surface area contributed by atoms with Gasteiger partial charge < -0.3 is 4.90 Å². The van der Waals surface area contributed by atoms with Crippen LogP contribution in [-0.4, -0.2) is 34.5 Å². The summed E-state index contributed by atoms with van der Waals surface area (Å²) >= 11 is 0. The highest BCUT2D eigenvalue weighted by Gasteiger charge is 2.29. The van der Waals surface area contributed by atoms with Crippen LogP contribution in [0.3, 0.4) is 0 Å². The minimum absolute atomic E-state index is 0.458. The zero-order valence-corrected chi connectivity index (χ0v) is 9.36. The van der Waals surface area contributed by atoms with Crippen molar-refractivity contribution in [3.05, 3.63) is 0 Å². The molecule has 1 aliphatic heterocycles. The predicted octanol–water partition coefficient (Wildman–Crippen LogP) is 2.10. The standard InChI is InChI=1S/C10H21N3/c1-6-10-12(8(2)3)7-11-13(10)9(4)5/h7-10H,6H2,1-5H3. The maximum Gasteiger partial charge on any atom is 0.119 e. The van der Waals surface area contributed by atoms with Crippen LogP contribution in [0.1, 0.15) is 41.0 Å². The fourth-order valence-corrected chi connectivity index (χ4v) is 1.76. The first-order valence-electron chi connectivity index (χ1n) is 5.17. The smallest absolute Gasteiger partial charge is 0.119 e. The lowest BCUT2D eigenvalue weighted by Crippen LogP contribution is -2.44. The van der Waals surface area contributed by atoms with E-state index in [0.717, 1.165) is 6.42 Å². The Morgan fingerprint density at radius 2 is 1.85 bits per heavy atom. The third-order valence-corrected chi connectivity index (χ3v) is 2.46. The molecule has 0 aromatic carbocycles. The highest BCUT2D eigenvalue weighted by molar-refractivity contribution is 5.57. The molecule has 1 rings (SSSR count). The first-order chi connectivity index (χ1) is 6.07. The molecule has 13 heavy (non-hydrogen) atoms. The van der Waals surface area contributed by atoms with Gasteiger partial charge in [-0.15, -0.1) is 0 Å². The van der Waals surface area contributed by atoms with Crippen molar-refractivity contribution in [2.75, 3.05) is 0 Å².